The zero-order chi connectivity index (χ0) is 17.4. The van der Waals surface area contributed by atoms with E-state index in [2.05, 4.69) is 10.3 Å². The van der Waals surface area contributed by atoms with Gasteiger partial charge in [-0.3, -0.25) is 0 Å². The second-order valence-electron chi connectivity index (χ2n) is 4.80. The van der Waals surface area contributed by atoms with Crippen LogP contribution in [0, 0.1) is 0 Å². The van der Waals surface area contributed by atoms with Crippen LogP contribution in [0.15, 0.2) is 58.8 Å². The lowest BCUT2D eigenvalue weighted by Crippen LogP contribution is -2.13. The molecule has 0 fully saturated rings. The molecule has 0 aliphatic heterocycles. The van der Waals surface area contributed by atoms with Crippen LogP contribution in [0.5, 0.6) is 11.5 Å². The molecule has 2 rings (SSSR count). The van der Waals surface area contributed by atoms with E-state index in [1.807, 2.05) is 43.3 Å². The van der Waals surface area contributed by atoms with Gasteiger partial charge < -0.3 is 14.4 Å². The number of oxime groups is 2. The molecule has 0 heterocycles. The lowest BCUT2D eigenvalue weighted by Gasteiger charge is -2.08. The first-order valence-corrected chi connectivity index (χ1v) is 7.83. The summed E-state index contributed by atoms with van der Waals surface area (Å²) in [5.74, 6) is 1.42. The number of rotatable bonds is 7. The Bertz CT molecular complexity index is 710. The summed E-state index contributed by atoms with van der Waals surface area (Å²) in [6, 6.07) is 14.7. The summed E-state index contributed by atoms with van der Waals surface area (Å²) >= 11 is 5.87. The number of benzene rings is 2. The van der Waals surface area contributed by atoms with E-state index in [9.17, 15) is 0 Å². The van der Waals surface area contributed by atoms with Crippen molar-refractivity contribution in [2.75, 3.05) is 13.7 Å². The zero-order valence-corrected chi connectivity index (χ0v) is 14.6. The van der Waals surface area contributed by atoms with Crippen LogP contribution in [0.25, 0.3) is 0 Å². The summed E-state index contributed by atoms with van der Waals surface area (Å²) in [6.07, 6.45) is 0. The zero-order valence-electron chi connectivity index (χ0n) is 13.8. The van der Waals surface area contributed by atoms with Crippen molar-refractivity contribution >= 4 is 23.0 Å². The summed E-state index contributed by atoms with van der Waals surface area (Å²) in [5.41, 5.74) is 2.08. The predicted molar refractivity (Wildman–Crippen MR) is 96.2 cm³/mol. The largest absolute Gasteiger partial charge is 0.457 e. The first kappa shape index (κ1) is 17.8. The highest BCUT2D eigenvalue weighted by Crippen LogP contribution is 2.23. The molecule has 0 amide bonds. The lowest BCUT2D eigenvalue weighted by atomic mass is 10.1. The molecule has 0 atom stereocenters. The van der Waals surface area contributed by atoms with Gasteiger partial charge in [0, 0.05) is 10.6 Å². The van der Waals surface area contributed by atoms with Crippen LogP contribution in [-0.4, -0.2) is 25.1 Å². The van der Waals surface area contributed by atoms with Gasteiger partial charge in [-0.15, -0.1) is 0 Å². The van der Waals surface area contributed by atoms with Crippen molar-refractivity contribution in [1.82, 2.24) is 0 Å². The Morgan fingerprint density at radius 3 is 2.08 bits per heavy atom. The molecule has 0 radical (unpaired) electrons. The van der Waals surface area contributed by atoms with Crippen molar-refractivity contribution in [3.05, 3.63) is 59.1 Å². The van der Waals surface area contributed by atoms with E-state index >= 15 is 0 Å². The van der Waals surface area contributed by atoms with Gasteiger partial charge in [0.1, 0.15) is 36.6 Å². The quantitative estimate of drug-likeness (QED) is 0.529. The lowest BCUT2D eigenvalue weighted by molar-refractivity contribution is 0.159. The smallest absolute Gasteiger partial charge is 0.134 e. The fourth-order valence-electron chi connectivity index (χ4n) is 1.96. The van der Waals surface area contributed by atoms with E-state index in [4.69, 9.17) is 26.0 Å². The molecule has 2 aromatic rings. The molecule has 5 nitrogen and oxygen atoms in total. The van der Waals surface area contributed by atoms with Crippen molar-refractivity contribution in [2.45, 2.75) is 13.8 Å². The fraction of sp³-hybridized carbons (Fsp3) is 0.222. The molecule has 6 heteroatoms. The first-order chi connectivity index (χ1) is 11.6. The van der Waals surface area contributed by atoms with Gasteiger partial charge in [0.15, 0.2) is 0 Å². The van der Waals surface area contributed by atoms with Crippen LogP contribution < -0.4 is 4.74 Å². The Labute approximate surface area is 146 Å². The van der Waals surface area contributed by atoms with Gasteiger partial charge in [-0.05, 0) is 62.4 Å². The van der Waals surface area contributed by atoms with Crippen molar-refractivity contribution in [3.8, 4) is 11.5 Å². The third kappa shape index (κ3) is 4.99. The van der Waals surface area contributed by atoms with Crippen molar-refractivity contribution in [3.63, 3.8) is 0 Å². The minimum absolute atomic E-state index is 0.474. The third-order valence-corrected chi connectivity index (χ3v) is 3.28. The number of nitrogens with zero attached hydrogens (tertiary/aromatic N) is 2. The van der Waals surface area contributed by atoms with Crippen molar-refractivity contribution < 1.29 is 14.4 Å². The number of hydrogen-bond acceptors (Lipinski definition) is 5. The molecule has 2 aromatic carbocycles. The molecule has 0 aliphatic carbocycles. The van der Waals surface area contributed by atoms with Crippen molar-refractivity contribution in [2.24, 2.45) is 10.3 Å². The van der Waals surface area contributed by atoms with Crippen LogP contribution in [0.2, 0.25) is 5.02 Å². The van der Waals surface area contributed by atoms with Crippen LogP contribution in [-0.2, 0) is 9.68 Å². The van der Waals surface area contributed by atoms with Gasteiger partial charge in [0.2, 0.25) is 0 Å². The second kappa shape index (κ2) is 8.93. The Morgan fingerprint density at radius 1 is 0.958 bits per heavy atom. The molecule has 0 aliphatic rings. The minimum Gasteiger partial charge on any atom is -0.457 e. The summed E-state index contributed by atoms with van der Waals surface area (Å²) < 4.78 is 5.77. The standard InChI is InChI=1S/C18H19ClN2O3/c1-4-23-21-18(13(2)20-22-3)14-5-9-16(10-6-14)24-17-11-7-15(19)8-12-17/h5-12H,4H2,1-3H3/b20-13+,21-18+. The molecule has 0 N–H and O–H groups in total. The molecule has 24 heavy (non-hydrogen) atoms. The highest BCUT2D eigenvalue weighted by molar-refractivity contribution is 6.47. The Balaban J connectivity index is 2.19. The topological polar surface area (TPSA) is 52.4 Å². The summed E-state index contributed by atoms with van der Waals surface area (Å²) in [6.45, 7) is 4.15. The van der Waals surface area contributed by atoms with Gasteiger partial charge in [0.05, 0.1) is 0 Å². The van der Waals surface area contributed by atoms with E-state index in [0.29, 0.717) is 34.6 Å². The van der Waals surface area contributed by atoms with E-state index in [1.54, 1.807) is 19.1 Å². The molecule has 0 unspecified atom stereocenters. The minimum atomic E-state index is 0.474. The first-order valence-electron chi connectivity index (χ1n) is 7.46. The molecule has 0 bridgehead atoms. The van der Waals surface area contributed by atoms with E-state index in [1.165, 1.54) is 7.11 Å². The molecule has 0 saturated heterocycles. The van der Waals surface area contributed by atoms with Crippen LogP contribution >= 0.6 is 11.6 Å². The monoisotopic (exact) mass is 346 g/mol. The highest BCUT2D eigenvalue weighted by Gasteiger charge is 2.10. The van der Waals surface area contributed by atoms with Gasteiger partial charge in [-0.25, -0.2) is 0 Å². The number of ether oxygens (including phenoxy) is 1. The molecular weight excluding hydrogens is 328 g/mol. The normalized spacial score (nSPS) is 12.0. The van der Waals surface area contributed by atoms with Gasteiger partial charge in [-0.1, -0.05) is 21.9 Å². The van der Waals surface area contributed by atoms with Crippen molar-refractivity contribution in [1.29, 1.82) is 0 Å². The SMILES string of the molecule is CCO/N=C(\C(C)=N\OC)c1ccc(Oc2ccc(Cl)cc2)cc1. The molecule has 0 spiro atoms. The molecule has 0 aromatic heterocycles. The summed E-state index contributed by atoms with van der Waals surface area (Å²) in [4.78, 5) is 9.98. The average molecular weight is 347 g/mol. The molecule has 0 saturated carbocycles. The van der Waals surface area contributed by atoms with E-state index in [0.717, 1.165) is 5.56 Å². The van der Waals surface area contributed by atoms with E-state index < -0.39 is 0 Å². The fourth-order valence-corrected chi connectivity index (χ4v) is 2.08. The summed E-state index contributed by atoms with van der Waals surface area (Å²) in [7, 11) is 1.49. The molecule has 126 valence electrons. The Hall–Kier alpha value is -2.53. The Kier molecular flexibility index (Phi) is 6.63. The van der Waals surface area contributed by atoms with Gasteiger partial charge in [0.25, 0.3) is 0 Å². The number of hydrogen-bond donors (Lipinski definition) is 0. The maximum absolute atomic E-state index is 5.87. The maximum atomic E-state index is 5.87. The van der Waals surface area contributed by atoms with Crippen LogP contribution in [0.1, 0.15) is 19.4 Å². The van der Waals surface area contributed by atoms with Crippen LogP contribution in [0.4, 0.5) is 0 Å². The maximum Gasteiger partial charge on any atom is 0.134 e. The second-order valence-corrected chi connectivity index (χ2v) is 5.23. The predicted octanol–water partition coefficient (Wildman–Crippen LogP) is 4.90. The summed E-state index contributed by atoms with van der Waals surface area (Å²) in [5, 5.41) is 8.69. The highest BCUT2D eigenvalue weighted by atomic mass is 35.5. The molecular formula is C18H19ClN2O3. The van der Waals surface area contributed by atoms with Crippen LogP contribution in [0.3, 0.4) is 0 Å². The number of halogens is 1. The van der Waals surface area contributed by atoms with Gasteiger partial charge >= 0.3 is 0 Å². The third-order valence-electron chi connectivity index (χ3n) is 3.03. The Morgan fingerprint density at radius 2 is 1.54 bits per heavy atom. The van der Waals surface area contributed by atoms with E-state index in [-0.39, 0.29) is 0 Å². The van der Waals surface area contributed by atoms with Gasteiger partial charge in [-0.2, -0.15) is 0 Å². The average Bonchev–Trinajstić information content (AvgIpc) is 2.59.